The number of rotatable bonds is 3. The van der Waals surface area contributed by atoms with Gasteiger partial charge in [0.2, 0.25) is 34.8 Å². The number of carbonyl (C=O) groups is 2. The molecule has 1 N–H and O–H groups in total. The quantitative estimate of drug-likeness (QED) is 0.226. The molecule has 1 aromatic carbocycles. The molecule has 5 nitrogen and oxygen atoms in total. The van der Waals surface area contributed by atoms with Crippen LogP contribution in [0.3, 0.4) is 0 Å². The normalized spacial score (nSPS) is 11.0. The third-order valence-electron chi connectivity index (χ3n) is 2.26. The van der Waals surface area contributed by atoms with Crippen molar-refractivity contribution < 1.29 is 41.0 Å². The van der Waals surface area contributed by atoms with Crippen LogP contribution in [-0.2, 0) is 9.53 Å². The molecule has 1 rings (SSSR count). The number of amides is 1. The third-order valence-corrected chi connectivity index (χ3v) is 2.26. The van der Waals surface area contributed by atoms with E-state index in [0.717, 1.165) is 0 Å². The summed E-state index contributed by atoms with van der Waals surface area (Å²) < 4.78 is 74.4. The highest BCUT2D eigenvalue weighted by molar-refractivity contribution is 5.93. The summed E-state index contributed by atoms with van der Waals surface area (Å²) in [4.78, 5) is 23.0. The Morgan fingerprint density at radius 2 is 1.33 bits per heavy atom. The third kappa shape index (κ3) is 4.43. The van der Waals surface area contributed by atoms with Gasteiger partial charge in [0.1, 0.15) is 11.3 Å². The van der Waals surface area contributed by atoms with E-state index in [0.29, 0.717) is 0 Å². The smallest absolute Gasteiger partial charge is 0.412 e. The van der Waals surface area contributed by atoms with Crippen molar-refractivity contribution in [3.63, 3.8) is 0 Å². The first-order valence-corrected chi connectivity index (χ1v) is 6.27. The Morgan fingerprint density at radius 1 is 0.917 bits per heavy atom. The van der Waals surface area contributed by atoms with Crippen molar-refractivity contribution in [2.45, 2.75) is 26.4 Å². The molecule has 1 aromatic rings. The first-order valence-electron chi connectivity index (χ1n) is 6.27. The predicted octanol–water partition coefficient (Wildman–Crippen LogP) is 3.33. The summed E-state index contributed by atoms with van der Waals surface area (Å²) in [6.45, 7) is 7.60. The fraction of sp³-hybridized carbons (Fsp3) is 0.286. The van der Waals surface area contributed by atoms with E-state index in [-0.39, 0.29) is 0 Å². The zero-order chi connectivity index (χ0) is 18.8. The van der Waals surface area contributed by atoms with Gasteiger partial charge in [-0.15, -0.1) is 0 Å². The van der Waals surface area contributed by atoms with Crippen molar-refractivity contribution >= 4 is 12.1 Å². The average molecular weight is 353 g/mol. The molecule has 0 aliphatic heterocycles. The van der Waals surface area contributed by atoms with Gasteiger partial charge in [0.15, 0.2) is 0 Å². The summed E-state index contributed by atoms with van der Waals surface area (Å²) in [5.41, 5.74) is -1.76. The van der Waals surface area contributed by atoms with Crippen molar-refractivity contribution in [1.29, 1.82) is 0 Å². The Kier molecular flexibility index (Phi) is 5.54. The van der Waals surface area contributed by atoms with Crippen LogP contribution in [0.2, 0.25) is 0 Å². The Bertz CT molecular complexity index is 683. The van der Waals surface area contributed by atoms with Crippen LogP contribution in [0, 0.1) is 29.1 Å². The van der Waals surface area contributed by atoms with E-state index in [1.807, 2.05) is 0 Å². The van der Waals surface area contributed by atoms with Gasteiger partial charge in [-0.3, -0.25) is 5.32 Å². The zero-order valence-corrected chi connectivity index (χ0v) is 12.7. The van der Waals surface area contributed by atoms with Crippen LogP contribution in [0.25, 0.3) is 0 Å². The van der Waals surface area contributed by atoms with Gasteiger partial charge in [0.25, 0.3) is 0 Å². The molecule has 0 unspecified atom stereocenters. The van der Waals surface area contributed by atoms with Crippen molar-refractivity contribution in [2.75, 3.05) is 0 Å². The molecule has 10 heteroatoms. The number of alkyl carbamates (subject to hydrolysis) is 1. The first-order chi connectivity index (χ1) is 10.8. The molecule has 0 aliphatic rings. The summed E-state index contributed by atoms with van der Waals surface area (Å²) in [5.74, 6) is -15.1. The highest BCUT2D eigenvalue weighted by atomic mass is 19.2. The number of benzene rings is 1. The number of hydrogen-bond donors (Lipinski definition) is 1. The van der Waals surface area contributed by atoms with E-state index >= 15 is 0 Å². The van der Waals surface area contributed by atoms with Crippen molar-refractivity contribution in [2.24, 2.45) is 0 Å². The predicted molar refractivity (Wildman–Crippen MR) is 70.4 cm³/mol. The maximum Gasteiger partial charge on any atom is 0.412 e. The van der Waals surface area contributed by atoms with E-state index in [4.69, 9.17) is 4.74 Å². The van der Waals surface area contributed by atoms with Crippen molar-refractivity contribution in [3.8, 4) is 5.75 Å². The molecule has 0 bridgehead atoms. The molecule has 0 aromatic heterocycles. The lowest BCUT2D eigenvalue weighted by atomic mass is 10.2. The number of ether oxygens (including phenoxy) is 2. The second-order valence-corrected chi connectivity index (χ2v) is 5.39. The van der Waals surface area contributed by atoms with E-state index in [9.17, 15) is 31.5 Å². The fourth-order valence-electron chi connectivity index (χ4n) is 1.31. The number of nitrogens with one attached hydrogen (secondary N) is 1. The van der Waals surface area contributed by atoms with Crippen LogP contribution in [0.5, 0.6) is 5.75 Å². The van der Waals surface area contributed by atoms with Gasteiger partial charge in [-0.2, -0.15) is 8.78 Å². The molecule has 0 aliphatic carbocycles. The summed E-state index contributed by atoms with van der Waals surface area (Å²) in [6.07, 6.45) is -1.14. The SMILES string of the molecule is C=C(NC(=O)OC(C)(C)C)C(=O)Oc1c(F)c(F)c(F)c(F)c1F. The molecular weight excluding hydrogens is 341 g/mol. The molecule has 0 fully saturated rings. The Hall–Kier alpha value is -2.65. The van der Waals surface area contributed by atoms with E-state index in [1.165, 1.54) is 20.8 Å². The second kappa shape index (κ2) is 6.85. The van der Waals surface area contributed by atoms with Crippen LogP contribution >= 0.6 is 0 Å². The number of halogens is 5. The molecule has 0 saturated heterocycles. The lowest BCUT2D eigenvalue weighted by molar-refractivity contribution is -0.131. The minimum atomic E-state index is -2.41. The minimum Gasteiger partial charge on any atom is -0.444 e. The maximum atomic E-state index is 13.4. The van der Waals surface area contributed by atoms with E-state index < -0.39 is 58.2 Å². The highest BCUT2D eigenvalue weighted by Crippen LogP contribution is 2.29. The van der Waals surface area contributed by atoms with Gasteiger partial charge in [-0.1, -0.05) is 6.58 Å². The molecule has 0 radical (unpaired) electrons. The standard InChI is InChI=1S/C14H12F5NO4/c1-5(20-13(22)24-14(2,3)4)12(21)23-11-9(18)7(16)6(15)8(17)10(11)19/h1H2,2-4H3,(H,20,22). The van der Waals surface area contributed by atoms with Crippen molar-refractivity contribution in [3.05, 3.63) is 41.4 Å². The van der Waals surface area contributed by atoms with Crippen LogP contribution < -0.4 is 10.1 Å². The molecule has 0 spiro atoms. The molecule has 24 heavy (non-hydrogen) atoms. The van der Waals surface area contributed by atoms with Gasteiger partial charge in [0.05, 0.1) is 0 Å². The zero-order valence-electron chi connectivity index (χ0n) is 12.7. The Balaban J connectivity index is 2.93. The summed E-state index contributed by atoms with van der Waals surface area (Å²) in [7, 11) is 0. The van der Waals surface area contributed by atoms with Gasteiger partial charge in [-0.25, -0.2) is 22.8 Å². The maximum absolute atomic E-state index is 13.4. The van der Waals surface area contributed by atoms with Crippen LogP contribution in [0.15, 0.2) is 12.3 Å². The minimum absolute atomic E-state index is 0.840. The number of hydrogen-bond acceptors (Lipinski definition) is 4. The Morgan fingerprint density at radius 3 is 1.75 bits per heavy atom. The van der Waals surface area contributed by atoms with Gasteiger partial charge in [-0.05, 0) is 20.8 Å². The molecular formula is C14H12F5NO4. The summed E-state index contributed by atoms with van der Waals surface area (Å²) >= 11 is 0. The summed E-state index contributed by atoms with van der Waals surface area (Å²) in [6, 6.07) is 0. The van der Waals surface area contributed by atoms with E-state index in [2.05, 4.69) is 11.3 Å². The topological polar surface area (TPSA) is 64.6 Å². The van der Waals surface area contributed by atoms with E-state index in [1.54, 1.807) is 5.32 Å². The summed E-state index contributed by atoms with van der Waals surface area (Å²) in [5, 5.41) is 1.80. The molecule has 0 saturated carbocycles. The van der Waals surface area contributed by atoms with Crippen LogP contribution in [0.1, 0.15) is 20.8 Å². The monoisotopic (exact) mass is 353 g/mol. The van der Waals surface area contributed by atoms with Gasteiger partial charge < -0.3 is 9.47 Å². The molecule has 0 heterocycles. The first kappa shape index (κ1) is 19.4. The average Bonchev–Trinajstić information content (AvgIpc) is 2.45. The molecule has 132 valence electrons. The van der Waals surface area contributed by atoms with Crippen LogP contribution in [0.4, 0.5) is 26.7 Å². The second-order valence-electron chi connectivity index (χ2n) is 5.39. The Labute approximate surface area is 133 Å². The van der Waals surface area contributed by atoms with Crippen LogP contribution in [-0.4, -0.2) is 17.7 Å². The van der Waals surface area contributed by atoms with Gasteiger partial charge >= 0.3 is 12.1 Å². The number of carbonyl (C=O) groups excluding carboxylic acids is 2. The van der Waals surface area contributed by atoms with Crippen molar-refractivity contribution in [1.82, 2.24) is 5.32 Å². The lowest BCUT2D eigenvalue weighted by Crippen LogP contribution is -2.35. The molecule has 1 amide bonds. The van der Waals surface area contributed by atoms with Gasteiger partial charge in [0, 0.05) is 0 Å². The molecule has 0 atom stereocenters. The highest BCUT2D eigenvalue weighted by Gasteiger charge is 2.29. The largest absolute Gasteiger partial charge is 0.444 e. The number of esters is 1. The lowest BCUT2D eigenvalue weighted by Gasteiger charge is -2.19. The fourth-order valence-corrected chi connectivity index (χ4v) is 1.31.